The van der Waals surface area contributed by atoms with Crippen molar-refractivity contribution in [3.05, 3.63) is 64.2 Å². The third-order valence-electron chi connectivity index (χ3n) is 8.70. The lowest BCUT2D eigenvalue weighted by atomic mass is 9.97. The number of alkyl halides is 3. The fourth-order valence-corrected chi connectivity index (χ4v) is 6.22. The SMILES string of the molecule is CC(C)Nc1cc(C(C)Cc2nncn2C)cc(N2Cc3c(cc(CN4CCC5(CC5)C4)cc3C(F)(F)F)C2=O)n1. The van der Waals surface area contributed by atoms with Gasteiger partial charge in [0.05, 0.1) is 12.1 Å². The summed E-state index contributed by atoms with van der Waals surface area (Å²) in [5, 5.41) is 11.4. The second-order valence-corrected chi connectivity index (χ2v) is 12.4. The molecule has 1 spiro atoms. The number of anilines is 2. The van der Waals surface area contributed by atoms with Crippen LogP contribution in [0.15, 0.2) is 30.6 Å². The summed E-state index contributed by atoms with van der Waals surface area (Å²) in [7, 11) is 1.88. The number of aryl methyl sites for hydroxylation is 1. The molecular weight excluding hydrogens is 531 g/mol. The van der Waals surface area contributed by atoms with E-state index in [0.717, 1.165) is 30.9 Å². The molecule has 3 aliphatic rings. The van der Waals surface area contributed by atoms with E-state index in [-0.39, 0.29) is 29.6 Å². The molecule has 2 aromatic heterocycles. The van der Waals surface area contributed by atoms with E-state index in [1.54, 1.807) is 12.4 Å². The number of carbonyl (C=O) groups excluding carboxylic acids is 1. The number of aromatic nitrogens is 4. The summed E-state index contributed by atoms with van der Waals surface area (Å²) in [6.07, 6.45) is 1.18. The highest BCUT2D eigenvalue weighted by atomic mass is 19.4. The number of nitrogens with zero attached hydrogens (tertiary/aromatic N) is 6. The Morgan fingerprint density at radius 1 is 1.10 bits per heavy atom. The second kappa shape index (κ2) is 10.1. The molecule has 0 bridgehead atoms. The van der Waals surface area contributed by atoms with Crippen LogP contribution in [-0.4, -0.2) is 49.7 Å². The quantitative estimate of drug-likeness (QED) is 0.385. The Labute approximate surface area is 238 Å². The Hall–Kier alpha value is -3.47. The first-order chi connectivity index (χ1) is 19.4. The zero-order chi connectivity index (χ0) is 29.1. The van der Waals surface area contributed by atoms with E-state index in [9.17, 15) is 18.0 Å². The lowest BCUT2D eigenvalue weighted by molar-refractivity contribution is -0.138. The first-order valence-electron chi connectivity index (χ1n) is 14.3. The molecule has 1 saturated heterocycles. The Morgan fingerprint density at radius 3 is 2.51 bits per heavy atom. The van der Waals surface area contributed by atoms with Gasteiger partial charge in [0.1, 0.15) is 23.8 Å². The summed E-state index contributed by atoms with van der Waals surface area (Å²) in [6.45, 7) is 8.05. The minimum atomic E-state index is -4.57. The number of hydrogen-bond acceptors (Lipinski definition) is 6. The molecule has 1 N–H and O–H groups in total. The van der Waals surface area contributed by atoms with Gasteiger partial charge < -0.3 is 9.88 Å². The minimum absolute atomic E-state index is 0.00000323. The highest BCUT2D eigenvalue weighted by Crippen LogP contribution is 2.53. The summed E-state index contributed by atoms with van der Waals surface area (Å²) in [4.78, 5) is 22.0. The first kappa shape index (κ1) is 27.7. The molecule has 218 valence electrons. The predicted molar refractivity (Wildman–Crippen MR) is 150 cm³/mol. The Balaban J connectivity index is 1.33. The normalized spacial score (nSPS) is 18.9. The van der Waals surface area contributed by atoms with E-state index in [0.29, 0.717) is 35.6 Å². The van der Waals surface area contributed by atoms with Crippen LogP contribution >= 0.6 is 0 Å². The molecule has 41 heavy (non-hydrogen) atoms. The van der Waals surface area contributed by atoms with Crippen LogP contribution in [0.4, 0.5) is 24.8 Å². The highest BCUT2D eigenvalue weighted by molar-refractivity contribution is 6.10. The minimum Gasteiger partial charge on any atom is -0.368 e. The van der Waals surface area contributed by atoms with E-state index >= 15 is 0 Å². The molecule has 1 amide bonds. The van der Waals surface area contributed by atoms with Crippen LogP contribution in [-0.2, 0) is 32.7 Å². The Morgan fingerprint density at radius 2 is 1.88 bits per heavy atom. The van der Waals surface area contributed by atoms with Gasteiger partial charge in [-0.1, -0.05) is 6.92 Å². The van der Waals surface area contributed by atoms with Crippen molar-refractivity contribution in [3.8, 4) is 0 Å². The van der Waals surface area contributed by atoms with Crippen molar-refractivity contribution in [1.82, 2.24) is 24.6 Å². The molecule has 0 radical (unpaired) electrons. The molecule has 1 atom stereocenters. The van der Waals surface area contributed by atoms with Crippen LogP contribution in [0.1, 0.15) is 84.4 Å². The van der Waals surface area contributed by atoms with E-state index in [1.165, 1.54) is 23.8 Å². The summed E-state index contributed by atoms with van der Waals surface area (Å²) in [5.41, 5.74) is 1.22. The zero-order valence-corrected chi connectivity index (χ0v) is 23.9. The van der Waals surface area contributed by atoms with E-state index in [4.69, 9.17) is 0 Å². The van der Waals surface area contributed by atoms with Gasteiger partial charge in [-0.2, -0.15) is 13.2 Å². The second-order valence-electron chi connectivity index (χ2n) is 12.4. The number of likely N-dealkylation sites (tertiary alicyclic amines) is 1. The number of benzene rings is 1. The molecule has 1 unspecified atom stereocenters. The molecule has 2 aliphatic heterocycles. The molecule has 6 rings (SSSR count). The van der Waals surface area contributed by atoms with Gasteiger partial charge in [-0.15, -0.1) is 10.2 Å². The number of amides is 1. The maximum absolute atomic E-state index is 14.3. The monoisotopic (exact) mass is 567 g/mol. The number of nitrogens with one attached hydrogen (secondary N) is 1. The van der Waals surface area contributed by atoms with Crippen LogP contribution in [0, 0.1) is 5.41 Å². The molecule has 1 aliphatic carbocycles. The van der Waals surface area contributed by atoms with Crippen LogP contribution < -0.4 is 10.2 Å². The number of carbonyl (C=O) groups is 1. The third kappa shape index (κ3) is 5.56. The fourth-order valence-electron chi connectivity index (χ4n) is 6.22. The number of rotatable bonds is 8. The maximum atomic E-state index is 14.3. The van der Waals surface area contributed by atoms with E-state index in [1.807, 2.05) is 44.5 Å². The Bertz CT molecular complexity index is 1480. The van der Waals surface area contributed by atoms with Gasteiger partial charge in [-0.3, -0.25) is 14.6 Å². The number of hydrogen-bond donors (Lipinski definition) is 1. The van der Waals surface area contributed by atoms with Gasteiger partial charge in [-0.25, -0.2) is 4.98 Å². The first-order valence-corrected chi connectivity index (χ1v) is 14.3. The van der Waals surface area contributed by atoms with Gasteiger partial charge in [0.25, 0.3) is 5.91 Å². The van der Waals surface area contributed by atoms with Gasteiger partial charge >= 0.3 is 6.18 Å². The molecular formula is C30H36F3N7O. The average molecular weight is 568 g/mol. The largest absolute Gasteiger partial charge is 0.416 e. The smallest absolute Gasteiger partial charge is 0.368 e. The van der Waals surface area contributed by atoms with E-state index < -0.39 is 17.6 Å². The summed E-state index contributed by atoms with van der Waals surface area (Å²) in [6, 6.07) is 6.72. The van der Waals surface area contributed by atoms with E-state index in [2.05, 4.69) is 25.4 Å². The summed E-state index contributed by atoms with van der Waals surface area (Å²) in [5.74, 6) is 1.27. The third-order valence-corrected chi connectivity index (χ3v) is 8.70. The topological polar surface area (TPSA) is 79.2 Å². The van der Waals surface area contributed by atoms with Crippen LogP contribution in [0.3, 0.4) is 0 Å². The zero-order valence-electron chi connectivity index (χ0n) is 23.9. The van der Waals surface area contributed by atoms with Crippen molar-refractivity contribution in [2.75, 3.05) is 23.3 Å². The van der Waals surface area contributed by atoms with Crippen molar-refractivity contribution < 1.29 is 18.0 Å². The average Bonchev–Trinajstić information content (AvgIpc) is 3.17. The van der Waals surface area contributed by atoms with Crippen LogP contribution in [0.25, 0.3) is 0 Å². The highest BCUT2D eigenvalue weighted by Gasteiger charge is 2.47. The van der Waals surface area contributed by atoms with Gasteiger partial charge in [0.2, 0.25) is 0 Å². The van der Waals surface area contributed by atoms with Gasteiger partial charge in [0.15, 0.2) is 0 Å². The van der Waals surface area contributed by atoms with Crippen molar-refractivity contribution in [1.29, 1.82) is 0 Å². The summed E-state index contributed by atoms with van der Waals surface area (Å²) < 4.78 is 44.9. The molecule has 1 saturated carbocycles. The number of fused-ring (bicyclic) bond motifs is 1. The van der Waals surface area contributed by atoms with Gasteiger partial charge in [-0.05, 0) is 91.9 Å². The molecule has 3 aromatic rings. The van der Waals surface area contributed by atoms with Gasteiger partial charge in [0, 0.05) is 38.2 Å². The molecule has 11 heteroatoms. The number of halogens is 3. The lowest BCUT2D eigenvalue weighted by Gasteiger charge is -2.21. The molecule has 2 fully saturated rings. The number of pyridine rings is 1. The van der Waals surface area contributed by atoms with Crippen LogP contribution in [0.2, 0.25) is 0 Å². The van der Waals surface area contributed by atoms with Crippen molar-refractivity contribution >= 4 is 17.5 Å². The summed E-state index contributed by atoms with van der Waals surface area (Å²) >= 11 is 0. The van der Waals surface area contributed by atoms with Crippen molar-refractivity contribution in [3.63, 3.8) is 0 Å². The van der Waals surface area contributed by atoms with Crippen molar-refractivity contribution in [2.45, 2.75) is 77.7 Å². The Kier molecular flexibility index (Phi) is 6.83. The molecule has 4 heterocycles. The standard InChI is InChI=1S/C30H36F3N7O/c1-18(2)35-25-12-21(19(3)9-27-37-34-17-38(27)4)13-26(36-25)40-15-23-22(28(40)41)10-20(11-24(23)30(31,32)33)14-39-8-7-29(16-39)5-6-29/h10-13,17-19H,5-9,14-16H2,1-4H3,(H,35,36). The molecule has 8 nitrogen and oxygen atoms in total. The van der Waals surface area contributed by atoms with Crippen LogP contribution in [0.5, 0.6) is 0 Å². The maximum Gasteiger partial charge on any atom is 0.416 e. The van der Waals surface area contributed by atoms with Crippen molar-refractivity contribution in [2.24, 2.45) is 12.5 Å². The fraction of sp³-hybridized carbons (Fsp3) is 0.533. The molecule has 1 aromatic carbocycles. The lowest BCUT2D eigenvalue weighted by Crippen LogP contribution is -2.25. The predicted octanol–water partition coefficient (Wildman–Crippen LogP) is 5.54.